The topological polar surface area (TPSA) is 27.7 Å². The van der Waals surface area contributed by atoms with Gasteiger partial charge < -0.3 is 9.64 Å². The fraction of sp³-hybridized carbons (Fsp3) is 0.600. The highest BCUT2D eigenvalue weighted by Gasteiger charge is 2.18. The lowest BCUT2D eigenvalue weighted by molar-refractivity contribution is 0.176. The largest absolute Gasteiger partial charge is 0.492 e. The summed E-state index contributed by atoms with van der Waals surface area (Å²) in [4.78, 5) is 2.41. The van der Waals surface area contributed by atoms with Gasteiger partial charge in [-0.15, -0.1) is 0 Å². The summed E-state index contributed by atoms with van der Waals surface area (Å²) in [5.41, 5.74) is 4.68. The Morgan fingerprint density at radius 3 is 2.53 bits per heavy atom. The molecule has 0 aromatic heterocycles. The monoisotopic (exact) mass is 263 g/mol. The van der Waals surface area contributed by atoms with Crippen LogP contribution in [-0.2, 0) is 0 Å². The summed E-state index contributed by atoms with van der Waals surface area (Å²) >= 11 is 0. The zero-order chi connectivity index (χ0) is 13.5. The Morgan fingerprint density at radius 2 is 1.84 bits per heavy atom. The van der Waals surface area contributed by atoms with E-state index in [1.165, 1.54) is 12.1 Å². The van der Waals surface area contributed by atoms with Crippen LogP contribution < -0.4 is 15.1 Å². The van der Waals surface area contributed by atoms with Crippen molar-refractivity contribution in [1.29, 1.82) is 0 Å². The summed E-state index contributed by atoms with van der Waals surface area (Å²) in [6, 6.07) is 8.33. The maximum absolute atomic E-state index is 5.71. The maximum atomic E-state index is 5.71. The first kappa shape index (κ1) is 14.2. The van der Waals surface area contributed by atoms with Gasteiger partial charge in [-0.1, -0.05) is 19.1 Å². The SMILES string of the molecule is CCCNN1CCN(c2ccccc2OCC)CC1. The average molecular weight is 263 g/mol. The van der Waals surface area contributed by atoms with E-state index in [0.717, 1.165) is 45.1 Å². The summed E-state index contributed by atoms with van der Waals surface area (Å²) < 4.78 is 5.71. The Bertz CT molecular complexity index is 375. The van der Waals surface area contributed by atoms with Crippen molar-refractivity contribution in [3.8, 4) is 5.75 Å². The van der Waals surface area contributed by atoms with Crippen LogP contribution in [0.5, 0.6) is 5.75 Å². The molecule has 4 heteroatoms. The number of hydrogen-bond acceptors (Lipinski definition) is 4. The van der Waals surface area contributed by atoms with Crippen LogP contribution in [0.1, 0.15) is 20.3 Å². The molecule has 4 nitrogen and oxygen atoms in total. The molecule has 1 aliphatic heterocycles. The van der Waals surface area contributed by atoms with Crippen molar-refractivity contribution in [1.82, 2.24) is 10.4 Å². The number of piperazine rings is 1. The van der Waals surface area contributed by atoms with Gasteiger partial charge in [0.25, 0.3) is 0 Å². The van der Waals surface area contributed by atoms with Crippen LogP contribution in [0.3, 0.4) is 0 Å². The normalized spacial score (nSPS) is 16.6. The van der Waals surface area contributed by atoms with E-state index in [4.69, 9.17) is 4.74 Å². The van der Waals surface area contributed by atoms with Crippen LogP contribution in [0.25, 0.3) is 0 Å². The van der Waals surface area contributed by atoms with Gasteiger partial charge in [0.2, 0.25) is 0 Å². The second-order valence-corrected chi connectivity index (χ2v) is 4.78. The Morgan fingerprint density at radius 1 is 1.11 bits per heavy atom. The van der Waals surface area contributed by atoms with Crippen molar-refractivity contribution < 1.29 is 4.74 Å². The van der Waals surface area contributed by atoms with Gasteiger partial charge in [-0.3, -0.25) is 5.43 Å². The summed E-state index contributed by atoms with van der Waals surface area (Å²) in [7, 11) is 0. The lowest BCUT2D eigenvalue weighted by Gasteiger charge is -2.36. The molecule has 0 bridgehead atoms. The van der Waals surface area contributed by atoms with E-state index in [0.29, 0.717) is 0 Å². The van der Waals surface area contributed by atoms with Crippen LogP contribution >= 0.6 is 0 Å². The van der Waals surface area contributed by atoms with Gasteiger partial charge in [0.1, 0.15) is 5.75 Å². The van der Waals surface area contributed by atoms with Crippen LogP contribution in [0, 0.1) is 0 Å². The third-order valence-electron chi connectivity index (χ3n) is 3.37. The number of nitrogens with zero attached hydrogens (tertiary/aromatic N) is 2. The molecular weight excluding hydrogens is 238 g/mol. The molecule has 1 aromatic carbocycles. The molecule has 1 saturated heterocycles. The number of anilines is 1. The second kappa shape index (κ2) is 7.36. The first-order chi connectivity index (χ1) is 9.35. The maximum Gasteiger partial charge on any atom is 0.142 e. The van der Waals surface area contributed by atoms with E-state index < -0.39 is 0 Å². The Balaban J connectivity index is 1.93. The van der Waals surface area contributed by atoms with E-state index in [1.807, 2.05) is 13.0 Å². The number of hydrogen-bond donors (Lipinski definition) is 1. The number of hydrazine groups is 1. The molecule has 19 heavy (non-hydrogen) atoms. The zero-order valence-electron chi connectivity index (χ0n) is 12.1. The molecule has 106 valence electrons. The van der Waals surface area contributed by atoms with Gasteiger partial charge in [-0.05, 0) is 25.5 Å². The standard InChI is InChI=1S/C15H25N3O/c1-3-9-16-18-12-10-17(11-13-18)14-7-5-6-8-15(14)19-4-2/h5-8,16H,3-4,9-13H2,1-2H3. The van der Waals surface area contributed by atoms with Crippen LogP contribution in [-0.4, -0.2) is 44.3 Å². The molecule has 0 atom stereocenters. The third kappa shape index (κ3) is 3.85. The van der Waals surface area contributed by atoms with Crippen molar-refractivity contribution in [3.63, 3.8) is 0 Å². The molecule has 2 rings (SSSR count). The fourth-order valence-corrected chi connectivity index (χ4v) is 2.37. The van der Waals surface area contributed by atoms with E-state index in [1.54, 1.807) is 0 Å². The highest BCUT2D eigenvalue weighted by Crippen LogP contribution is 2.28. The number of ether oxygens (including phenoxy) is 1. The summed E-state index contributed by atoms with van der Waals surface area (Å²) in [6.45, 7) is 10.2. The van der Waals surface area contributed by atoms with Gasteiger partial charge in [0.05, 0.1) is 12.3 Å². The van der Waals surface area contributed by atoms with Crippen molar-refractivity contribution in [2.45, 2.75) is 20.3 Å². The van der Waals surface area contributed by atoms with Gasteiger partial charge in [0, 0.05) is 32.7 Å². The predicted molar refractivity (Wildman–Crippen MR) is 79.7 cm³/mol. The van der Waals surface area contributed by atoms with Crippen molar-refractivity contribution >= 4 is 5.69 Å². The van der Waals surface area contributed by atoms with Crippen molar-refractivity contribution in [2.24, 2.45) is 0 Å². The third-order valence-corrected chi connectivity index (χ3v) is 3.37. The number of rotatable bonds is 6. The van der Waals surface area contributed by atoms with Crippen LogP contribution in [0.4, 0.5) is 5.69 Å². The number of nitrogens with one attached hydrogen (secondary N) is 1. The summed E-state index contributed by atoms with van der Waals surface area (Å²) in [5.74, 6) is 1.000. The predicted octanol–water partition coefficient (Wildman–Crippen LogP) is 2.12. The van der Waals surface area contributed by atoms with Crippen LogP contribution in [0.15, 0.2) is 24.3 Å². The fourth-order valence-electron chi connectivity index (χ4n) is 2.37. The molecule has 0 aliphatic carbocycles. The van der Waals surface area contributed by atoms with Gasteiger partial charge in [-0.25, -0.2) is 5.01 Å². The molecule has 0 unspecified atom stereocenters. The van der Waals surface area contributed by atoms with Gasteiger partial charge >= 0.3 is 0 Å². The second-order valence-electron chi connectivity index (χ2n) is 4.78. The molecule has 0 radical (unpaired) electrons. The van der Waals surface area contributed by atoms with Crippen LogP contribution in [0.2, 0.25) is 0 Å². The minimum atomic E-state index is 0.717. The molecule has 1 fully saturated rings. The highest BCUT2D eigenvalue weighted by atomic mass is 16.5. The molecule has 1 heterocycles. The first-order valence-corrected chi connectivity index (χ1v) is 7.30. The average Bonchev–Trinajstić information content (AvgIpc) is 2.47. The molecule has 1 N–H and O–H groups in total. The first-order valence-electron chi connectivity index (χ1n) is 7.30. The van der Waals surface area contributed by atoms with Crippen molar-refractivity contribution in [3.05, 3.63) is 24.3 Å². The van der Waals surface area contributed by atoms with E-state index in [2.05, 4.69) is 40.5 Å². The summed E-state index contributed by atoms with van der Waals surface area (Å²) in [5, 5.41) is 2.32. The number of benzene rings is 1. The highest BCUT2D eigenvalue weighted by molar-refractivity contribution is 5.58. The zero-order valence-corrected chi connectivity index (χ0v) is 12.1. The van der Waals surface area contributed by atoms with Gasteiger partial charge in [0.15, 0.2) is 0 Å². The molecule has 1 aliphatic rings. The van der Waals surface area contributed by atoms with E-state index in [9.17, 15) is 0 Å². The van der Waals surface area contributed by atoms with Crippen molar-refractivity contribution in [2.75, 3.05) is 44.2 Å². The molecule has 0 spiro atoms. The smallest absolute Gasteiger partial charge is 0.142 e. The van der Waals surface area contributed by atoms with E-state index in [-0.39, 0.29) is 0 Å². The Labute approximate surface area is 116 Å². The summed E-state index contributed by atoms with van der Waals surface area (Å²) in [6.07, 6.45) is 1.17. The molecule has 0 saturated carbocycles. The lowest BCUT2D eigenvalue weighted by Crippen LogP contribution is -2.52. The minimum absolute atomic E-state index is 0.717. The molecule has 0 amide bonds. The number of para-hydroxylation sites is 2. The minimum Gasteiger partial charge on any atom is -0.492 e. The quantitative estimate of drug-likeness (QED) is 0.851. The molecular formula is C15H25N3O. The molecule has 1 aromatic rings. The van der Waals surface area contributed by atoms with E-state index >= 15 is 0 Å². The Kier molecular flexibility index (Phi) is 5.48. The van der Waals surface area contributed by atoms with Gasteiger partial charge in [-0.2, -0.15) is 0 Å². The Hall–Kier alpha value is -1.26. The lowest BCUT2D eigenvalue weighted by atomic mass is 10.2.